The zero-order valence-electron chi connectivity index (χ0n) is 10.3. The molecular formula is C13H13BrClN3S. The van der Waals surface area contributed by atoms with Crippen LogP contribution >= 0.6 is 38.9 Å². The summed E-state index contributed by atoms with van der Waals surface area (Å²) in [5.41, 5.74) is 7.29. The van der Waals surface area contributed by atoms with Crippen LogP contribution in [0.1, 0.15) is 10.4 Å². The van der Waals surface area contributed by atoms with Crippen molar-refractivity contribution in [3.63, 3.8) is 0 Å². The van der Waals surface area contributed by atoms with Gasteiger partial charge in [-0.3, -0.25) is 5.41 Å². The van der Waals surface area contributed by atoms with Crippen LogP contribution in [-0.4, -0.2) is 12.9 Å². The molecular weight excluding hydrogens is 346 g/mol. The average molecular weight is 359 g/mol. The third-order valence-electron chi connectivity index (χ3n) is 2.68. The number of nitrogens with zero attached hydrogens (tertiary/aromatic N) is 1. The Labute approximate surface area is 129 Å². The first-order chi connectivity index (χ1) is 8.97. The van der Waals surface area contributed by atoms with E-state index in [1.807, 2.05) is 37.4 Å². The van der Waals surface area contributed by atoms with Crippen molar-refractivity contribution in [2.24, 2.45) is 5.73 Å². The summed E-state index contributed by atoms with van der Waals surface area (Å²) in [6.07, 6.45) is 0. The molecule has 0 aliphatic carbocycles. The van der Waals surface area contributed by atoms with Gasteiger partial charge in [0.25, 0.3) is 0 Å². The highest BCUT2D eigenvalue weighted by Crippen LogP contribution is 2.27. The maximum absolute atomic E-state index is 7.66. The maximum Gasteiger partial charge on any atom is 0.124 e. The number of thiophene rings is 1. The molecule has 0 fully saturated rings. The Bertz CT molecular complexity index is 612. The minimum atomic E-state index is 0.0624. The Balaban J connectivity index is 2.28. The summed E-state index contributed by atoms with van der Waals surface area (Å²) in [4.78, 5) is 3.23. The summed E-state index contributed by atoms with van der Waals surface area (Å²) < 4.78 is 1.69. The van der Waals surface area contributed by atoms with Crippen LogP contribution in [0.4, 0.5) is 5.69 Å². The van der Waals surface area contributed by atoms with Crippen molar-refractivity contribution in [2.75, 3.05) is 11.9 Å². The van der Waals surface area contributed by atoms with E-state index in [0.717, 1.165) is 26.6 Å². The predicted octanol–water partition coefficient (Wildman–Crippen LogP) is 4.08. The van der Waals surface area contributed by atoms with E-state index in [0.29, 0.717) is 0 Å². The van der Waals surface area contributed by atoms with Gasteiger partial charge in [-0.25, -0.2) is 0 Å². The number of nitrogens with two attached hydrogens (primary N) is 1. The molecule has 2 rings (SSSR count). The number of nitrogens with one attached hydrogen (secondary N) is 1. The number of hydrogen-bond acceptors (Lipinski definition) is 3. The molecule has 0 saturated heterocycles. The van der Waals surface area contributed by atoms with Gasteiger partial charge in [-0.1, -0.05) is 27.5 Å². The van der Waals surface area contributed by atoms with E-state index in [4.69, 9.17) is 22.7 Å². The summed E-state index contributed by atoms with van der Waals surface area (Å²) in [5.74, 6) is 0.0624. The molecule has 1 aromatic heterocycles. The molecule has 3 N–H and O–H groups in total. The van der Waals surface area contributed by atoms with Gasteiger partial charge in [0.2, 0.25) is 0 Å². The lowest BCUT2D eigenvalue weighted by molar-refractivity contribution is 0.938. The SMILES string of the molecule is CN(Cc1ccc(Cl)s1)c1ccc(Br)cc1C(=N)N. The van der Waals surface area contributed by atoms with Crippen LogP contribution in [0.3, 0.4) is 0 Å². The Morgan fingerprint density at radius 1 is 1.42 bits per heavy atom. The van der Waals surface area contributed by atoms with Gasteiger partial charge in [0.1, 0.15) is 5.84 Å². The van der Waals surface area contributed by atoms with Crippen LogP contribution in [-0.2, 0) is 6.54 Å². The minimum Gasteiger partial charge on any atom is -0.384 e. The third kappa shape index (κ3) is 3.49. The number of amidine groups is 1. The molecule has 1 heterocycles. The van der Waals surface area contributed by atoms with Crippen molar-refractivity contribution in [3.8, 4) is 0 Å². The van der Waals surface area contributed by atoms with Gasteiger partial charge in [0.15, 0.2) is 0 Å². The van der Waals surface area contributed by atoms with E-state index in [-0.39, 0.29) is 5.84 Å². The number of nitrogen functional groups attached to an aromatic ring is 1. The number of hydrogen-bond donors (Lipinski definition) is 2. The Morgan fingerprint density at radius 2 is 2.16 bits per heavy atom. The predicted molar refractivity (Wildman–Crippen MR) is 86.6 cm³/mol. The van der Waals surface area contributed by atoms with E-state index in [9.17, 15) is 0 Å². The van der Waals surface area contributed by atoms with Crippen molar-refractivity contribution in [1.29, 1.82) is 5.41 Å². The van der Waals surface area contributed by atoms with Crippen molar-refractivity contribution >= 4 is 50.4 Å². The molecule has 1 aromatic carbocycles. The number of rotatable bonds is 4. The highest BCUT2D eigenvalue weighted by Gasteiger charge is 2.11. The Hall–Kier alpha value is -1.04. The van der Waals surface area contributed by atoms with Crippen LogP contribution in [0.25, 0.3) is 0 Å². The molecule has 2 aromatic rings. The Kier molecular flexibility index (Phi) is 4.50. The minimum absolute atomic E-state index is 0.0624. The number of halogens is 2. The molecule has 0 saturated carbocycles. The second-order valence-corrected chi connectivity index (χ2v) is 6.85. The van der Waals surface area contributed by atoms with Gasteiger partial charge in [-0.15, -0.1) is 11.3 Å². The molecule has 0 aliphatic heterocycles. The van der Waals surface area contributed by atoms with Crippen molar-refractivity contribution < 1.29 is 0 Å². The fraction of sp³-hybridized carbons (Fsp3) is 0.154. The van der Waals surface area contributed by atoms with Crippen LogP contribution in [0, 0.1) is 5.41 Å². The number of benzene rings is 1. The van der Waals surface area contributed by atoms with E-state index in [2.05, 4.69) is 20.8 Å². The largest absolute Gasteiger partial charge is 0.384 e. The fourth-order valence-corrected chi connectivity index (χ4v) is 3.31. The molecule has 100 valence electrons. The highest BCUT2D eigenvalue weighted by molar-refractivity contribution is 9.10. The lowest BCUT2D eigenvalue weighted by Gasteiger charge is -2.21. The lowest BCUT2D eigenvalue weighted by Crippen LogP contribution is -2.21. The quantitative estimate of drug-likeness (QED) is 0.639. The summed E-state index contributed by atoms with van der Waals surface area (Å²) in [6.45, 7) is 0.735. The molecule has 0 unspecified atom stereocenters. The first-order valence-electron chi connectivity index (χ1n) is 5.56. The smallest absolute Gasteiger partial charge is 0.124 e. The van der Waals surface area contributed by atoms with Crippen molar-refractivity contribution in [2.45, 2.75) is 6.54 Å². The van der Waals surface area contributed by atoms with Gasteiger partial charge < -0.3 is 10.6 Å². The maximum atomic E-state index is 7.66. The van der Waals surface area contributed by atoms with Gasteiger partial charge >= 0.3 is 0 Å². The van der Waals surface area contributed by atoms with E-state index >= 15 is 0 Å². The zero-order valence-corrected chi connectivity index (χ0v) is 13.4. The fourth-order valence-electron chi connectivity index (χ4n) is 1.81. The molecule has 0 radical (unpaired) electrons. The second-order valence-electron chi connectivity index (χ2n) is 4.14. The van der Waals surface area contributed by atoms with Crippen LogP contribution in [0.15, 0.2) is 34.8 Å². The molecule has 19 heavy (non-hydrogen) atoms. The topological polar surface area (TPSA) is 53.1 Å². The Morgan fingerprint density at radius 3 is 2.74 bits per heavy atom. The van der Waals surface area contributed by atoms with Crippen molar-refractivity contribution in [3.05, 3.63) is 49.6 Å². The monoisotopic (exact) mass is 357 g/mol. The van der Waals surface area contributed by atoms with Crippen molar-refractivity contribution in [1.82, 2.24) is 0 Å². The summed E-state index contributed by atoms with van der Waals surface area (Å²) in [5, 5.41) is 7.66. The van der Waals surface area contributed by atoms with E-state index in [1.165, 1.54) is 4.88 Å². The summed E-state index contributed by atoms with van der Waals surface area (Å²) in [7, 11) is 1.98. The normalized spacial score (nSPS) is 10.5. The molecule has 0 atom stereocenters. The highest BCUT2D eigenvalue weighted by atomic mass is 79.9. The summed E-state index contributed by atoms with van der Waals surface area (Å²) >= 11 is 10.9. The van der Waals surface area contributed by atoms with Crippen LogP contribution in [0.2, 0.25) is 4.34 Å². The molecule has 0 aliphatic rings. The lowest BCUT2D eigenvalue weighted by atomic mass is 10.1. The standard InChI is InChI=1S/C13H13BrClN3S/c1-18(7-9-3-5-12(15)19-9)11-4-2-8(14)6-10(11)13(16)17/h2-6H,7H2,1H3,(H3,16,17). The van der Waals surface area contributed by atoms with Gasteiger partial charge in [0, 0.05) is 27.6 Å². The molecule has 6 heteroatoms. The summed E-state index contributed by atoms with van der Waals surface area (Å²) in [6, 6.07) is 9.66. The molecule has 3 nitrogen and oxygen atoms in total. The van der Waals surface area contributed by atoms with Gasteiger partial charge in [-0.05, 0) is 30.3 Å². The van der Waals surface area contributed by atoms with E-state index in [1.54, 1.807) is 11.3 Å². The van der Waals surface area contributed by atoms with Gasteiger partial charge in [-0.2, -0.15) is 0 Å². The van der Waals surface area contributed by atoms with Gasteiger partial charge in [0.05, 0.1) is 10.9 Å². The third-order valence-corrected chi connectivity index (χ3v) is 4.39. The number of anilines is 1. The van der Waals surface area contributed by atoms with Crippen LogP contribution in [0.5, 0.6) is 0 Å². The average Bonchev–Trinajstić information content (AvgIpc) is 2.74. The zero-order chi connectivity index (χ0) is 14.0. The van der Waals surface area contributed by atoms with Crippen LogP contribution < -0.4 is 10.6 Å². The second kappa shape index (κ2) is 5.94. The molecule has 0 bridgehead atoms. The first kappa shape index (κ1) is 14.4. The molecule has 0 spiro atoms. The first-order valence-corrected chi connectivity index (χ1v) is 7.55. The van der Waals surface area contributed by atoms with E-state index < -0.39 is 0 Å². The molecule has 0 amide bonds.